The number of ether oxygens (including phenoxy) is 1. The molecule has 1 aliphatic rings. The van der Waals surface area contributed by atoms with Crippen molar-refractivity contribution in [2.75, 3.05) is 31.2 Å². The van der Waals surface area contributed by atoms with Gasteiger partial charge in [0.05, 0.1) is 0 Å². The molecule has 0 amide bonds. The fraction of sp³-hybridized carbons (Fsp3) is 0.615. The maximum atomic E-state index is 5.44. The normalized spacial score (nSPS) is 16.9. The van der Waals surface area contributed by atoms with E-state index in [9.17, 15) is 0 Å². The molecular formula is C13H21N5OSn. The van der Waals surface area contributed by atoms with Crippen molar-refractivity contribution in [1.82, 2.24) is 19.5 Å². The first kappa shape index (κ1) is 14.1. The van der Waals surface area contributed by atoms with Gasteiger partial charge < -0.3 is 0 Å². The molecule has 3 heterocycles. The average Bonchev–Trinajstić information content (AvgIpc) is 2.80. The van der Waals surface area contributed by atoms with Gasteiger partial charge in [-0.1, -0.05) is 0 Å². The third-order valence-electron chi connectivity index (χ3n) is 3.52. The Morgan fingerprint density at radius 3 is 2.50 bits per heavy atom. The molecule has 0 aliphatic carbocycles. The van der Waals surface area contributed by atoms with Gasteiger partial charge in [-0.2, -0.15) is 0 Å². The summed E-state index contributed by atoms with van der Waals surface area (Å²) in [5, 5.41) is 0. The van der Waals surface area contributed by atoms with Crippen molar-refractivity contribution in [2.24, 2.45) is 7.05 Å². The second-order valence-electron chi connectivity index (χ2n) is 6.25. The topological polar surface area (TPSA) is 56.1 Å². The minimum atomic E-state index is -2.32. The minimum absolute atomic E-state index is 0.756. The third-order valence-corrected chi connectivity index (χ3v) is 7.99. The number of hydrogen-bond donors (Lipinski definition) is 0. The van der Waals surface area contributed by atoms with Crippen LogP contribution in [0.25, 0.3) is 11.2 Å². The Morgan fingerprint density at radius 1 is 1.15 bits per heavy atom. The number of anilines is 1. The first-order valence-corrected chi connectivity index (χ1v) is 17.0. The second kappa shape index (κ2) is 5.14. The summed E-state index contributed by atoms with van der Waals surface area (Å²) < 4.78 is 8.49. The van der Waals surface area contributed by atoms with E-state index < -0.39 is 18.4 Å². The van der Waals surface area contributed by atoms with E-state index in [0.717, 1.165) is 47.1 Å². The van der Waals surface area contributed by atoms with E-state index in [0.29, 0.717) is 0 Å². The van der Waals surface area contributed by atoms with Crippen LogP contribution < -0.4 is 8.74 Å². The van der Waals surface area contributed by atoms with Crippen molar-refractivity contribution in [3.05, 3.63) is 6.33 Å². The quantitative estimate of drug-likeness (QED) is 0.718. The number of hydrogen-bond acceptors (Lipinski definition) is 5. The molecule has 0 spiro atoms. The molecule has 3 rings (SSSR count). The van der Waals surface area contributed by atoms with Crippen LogP contribution in [-0.2, 0) is 11.8 Å². The van der Waals surface area contributed by atoms with Crippen LogP contribution in [0.15, 0.2) is 6.33 Å². The number of morpholine rings is 1. The summed E-state index contributed by atoms with van der Waals surface area (Å²) in [5.74, 6) is 0.987. The molecule has 2 aromatic heterocycles. The zero-order valence-corrected chi connectivity index (χ0v) is 15.4. The van der Waals surface area contributed by atoms with Crippen LogP contribution in [0.1, 0.15) is 0 Å². The van der Waals surface area contributed by atoms with Crippen LogP contribution in [-0.4, -0.2) is 64.2 Å². The van der Waals surface area contributed by atoms with E-state index in [4.69, 9.17) is 14.7 Å². The van der Waals surface area contributed by atoms with Crippen LogP contribution in [0.2, 0.25) is 14.8 Å². The third kappa shape index (κ3) is 2.50. The number of fused-ring (bicyclic) bond motifs is 1. The standard InChI is InChI=1S/C10H12N5O.3CH3.Sn/c1-14-7-13-8-9(14)11-6-12-10(8)15-2-4-16-5-3-15;;;;/h7H,2-5H2,1H3;3*1H3;. The van der Waals surface area contributed by atoms with E-state index in [2.05, 4.69) is 24.7 Å². The number of aryl methyl sites for hydroxylation is 1. The van der Waals surface area contributed by atoms with Gasteiger partial charge in [-0.25, -0.2) is 0 Å². The van der Waals surface area contributed by atoms with Gasteiger partial charge in [0.2, 0.25) is 0 Å². The molecule has 1 saturated heterocycles. The van der Waals surface area contributed by atoms with Crippen molar-refractivity contribution < 1.29 is 4.74 Å². The van der Waals surface area contributed by atoms with Crippen LogP contribution in [0.4, 0.5) is 5.82 Å². The summed E-state index contributed by atoms with van der Waals surface area (Å²) in [6.45, 7) is 3.27. The number of rotatable bonds is 2. The predicted octanol–water partition coefficient (Wildman–Crippen LogP) is 0.745. The summed E-state index contributed by atoms with van der Waals surface area (Å²) in [5.41, 5.74) is 1.86. The number of aromatic nitrogens is 4. The first-order valence-electron chi connectivity index (χ1n) is 6.99. The monoisotopic (exact) mass is 383 g/mol. The molecule has 1 fully saturated rings. The van der Waals surface area contributed by atoms with Gasteiger partial charge in [0.15, 0.2) is 0 Å². The van der Waals surface area contributed by atoms with Gasteiger partial charge in [0.25, 0.3) is 0 Å². The average molecular weight is 382 g/mol. The van der Waals surface area contributed by atoms with Crippen molar-refractivity contribution >= 4 is 39.2 Å². The summed E-state index contributed by atoms with van der Waals surface area (Å²) >= 11 is -2.32. The van der Waals surface area contributed by atoms with Gasteiger partial charge in [-0.15, -0.1) is 0 Å². The van der Waals surface area contributed by atoms with E-state index in [1.54, 1.807) is 0 Å². The Bertz CT molecular complexity index is 627. The summed E-state index contributed by atoms with van der Waals surface area (Å²) in [7, 11) is 1.99. The predicted molar refractivity (Wildman–Crippen MR) is 82.3 cm³/mol. The molecule has 2 aromatic rings. The molecule has 20 heavy (non-hydrogen) atoms. The first-order chi connectivity index (χ1) is 9.47. The molecule has 0 saturated carbocycles. The van der Waals surface area contributed by atoms with E-state index in [1.807, 2.05) is 17.9 Å². The summed E-state index contributed by atoms with van der Waals surface area (Å²) in [4.78, 5) is 23.5. The van der Waals surface area contributed by atoms with Crippen LogP contribution in [0.3, 0.4) is 0 Å². The molecular weight excluding hydrogens is 361 g/mol. The Balaban J connectivity index is 2.17. The second-order valence-corrected chi connectivity index (χ2v) is 20.4. The van der Waals surface area contributed by atoms with Crippen molar-refractivity contribution in [3.63, 3.8) is 0 Å². The Labute approximate surface area is 123 Å². The Kier molecular flexibility index (Phi) is 3.62. The molecule has 108 valence electrons. The SMILES string of the molecule is Cn1cnc2c(N3CCOCC3)n[c]([Sn]([CH3])([CH3])[CH3])nc21. The molecule has 6 nitrogen and oxygen atoms in total. The van der Waals surface area contributed by atoms with Crippen LogP contribution in [0, 0.1) is 0 Å². The molecule has 0 bridgehead atoms. The maximum absolute atomic E-state index is 5.44. The van der Waals surface area contributed by atoms with Gasteiger partial charge in [-0.3, -0.25) is 0 Å². The molecule has 0 N–H and O–H groups in total. The Hall–Kier alpha value is -0.891. The van der Waals surface area contributed by atoms with E-state index >= 15 is 0 Å². The molecule has 0 atom stereocenters. The molecule has 1 aliphatic heterocycles. The van der Waals surface area contributed by atoms with Gasteiger partial charge in [-0.05, 0) is 0 Å². The molecule has 0 unspecified atom stereocenters. The molecule has 0 radical (unpaired) electrons. The molecule has 0 aromatic carbocycles. The van der Waals surface area contributed by atoms with E-state index in [-0.39, 0.29) is 0 Å². The van der Waals surface area contributed by atoms with Gasteiger partial charge in [0, 0.05) is 0 Å². The summed E-state index contributed by atoms with van der Waals surface area (Å²) in [6.07, 6.45) is 1.82. The van der Waals surface area contributed by atoms with Gasteiger partial charge >= 0.3 is 123 Å². The summed E-state index contributed by atoms with van der Waals surface area (Å²) in [6, 6.07) is 0. The number of imidazole rings is 1. The van der Waals surface area contributed by atoms with Crippen molar-refractivity contribution in [1.29, 1.82) is 0 Å². The molecule has 7 heteroatoms. The van der Waals surface area contributed by atoms with Crippen LogP contribution in [0.5, 0.6) is 0 Å². The zero-order chi connectivity index (χ0) is 14.3. The Morgan fingerprint density at radius 2 is 1.85 bits per heavy atom. The van der Waals surface area contributed by atoms with Crippen LogP contribution >= 0.6 is 0 Å². The zero-order valence-electron chi connectivity index (χ0n) is 12.6. The fourth-order valence-electron chi connectivity index (χ4n) is 2.32. The van der Waals surface area contributed by atoms with E-state index in [1.165, 1.54) is 0 Å². The van der Waals surface area contributed by atoms with Gasteiger partial charge in [0.1, 0.15) is 0 Å². The van der Waals surface area contributed by atoms with Crippen molar-refractivity contribution in [2.45, 2.75) is 14.8 Å². The number of nitrogens with zero attached hydrogens (tertiary/aromatic N) is 5. The van der Waals surface area contributed by atoms with Crippen molar-refractivity contribution in [3.8, 4) is 0 Å². The fourth-order valence-corrected chi connectivity index (χ4v) is 4.84.